The lowest BCUT2D eigenvalue weighted by molar-refractivity contribution is -0.137. The summed E-state index contributed by atoms with van der Waals surface area (Å²) in [7, 11) is 2.03. The quantitative estimate of drug-likeness (QED) is 0.746. The van der Waals surface area contributed by atoms with Crippen LogP contribution in [0.25, 0.3) is 0 Å². The number of carbonyl (C=O) groups excluding carboxylic acids is 2. The van der Waals surface area contributed by atoms with Crippen LogP contribution >= 0.6 is 0 Å². The number of ketones is 1. The van der Waals surface area contributed by atoms with Crippen molar-refractivity contribution in [3.8, 4) is 0 Å². The predicted molar refractivity (Wildman–Crippen MR) is 89.6 cm³/mol. The van der Waals surface area contributed by atoms with Crippen molar-refractivity contribution in [2.24, 2.45) is 47.3 Å². The maximum absolute atomic E-state index is 12.4. The molecule has 0 N–H and O–H groups in total. The van der Waals surface area contributed by atoms with Gasteiger partial charge in [0, 0.05) is 31.3 Å². The minimum Gasteiger partial charge on any atom is -0.342 e. The molecule has 128 valence electrons. The fraction of sp³-hybridized carbons (Fsp3) is 0.900. The van der Waals surface area contributed by atoms with Gasteiger partial charge >= 0.3 is 0 Å². The van der Waals surface area contributed by atoms with Gasteiger partial charge in [-0.25, -0.2) is 0 Å². The second-order valence-corrected chi connectivity index (χ2v) is 9.04. The number of hydrogen-bond acceptors (Lipinski definition) is 2. The third-order valence-corrected chi connectivity index (χ3v) is 7.88. The zero-order chi connectivity index (χ0) is 16.5. The van der Waals surface area contributed by atoms with E-state index in [0.717, 1.165) is 30.1 Å². The highest BCUT2D eigenvalue weighted by Crippen LogP contribution is 2.69. The summed E-state index contributed by atoms with van der Waals surface area (Å²) in [4.78, 5) is 26.8. The first-order valence-corrected chi connectivity index (χ1v) is 9.73. The molecule has 3 heteroatoms. The number of carbonyl (C=O) groups is 2. The van der Waals surface area contributed by atoms with Gasteiger partial charge in [-0.2, -0.15) is 0 Å². The smallest absolute Gasteiger partial charge is 0.225 e. The Hall–Kier alpha value is -0.860. The molecule has 0 heterocycles. The first kappa shape index (κ1) is 15.7. The van der Waals surface area contributed by atoms with Gasteiger partial charge in [0.2, 0.25) is 5.91 Å². The summed E-state index contributed by atoms with van der Waals surface area (Å²) in [6.07, 6.45) is 5.67. The van der Waals surface area contributed by atoms with Gasteiger partial charge in [-0.3, -0.25) is 9.59 Å². The minimum atomic E-state index is 0.0986. The summed E-state index contributed by atoms with van der Waals surface area (Å²) in [5.41, 5.74) is 0. The van der Waals surface area contributed by atoms with Crippen molar-refractivity contribution < 1.29 is 9.59 Å². The summed E-state index contributed by atoms with van der Waals surface area (Å²) in [6.45, 7) is 6.04. The van der Waals surface area contributed by atoms with Crippen molar-refractivity contribution in [1.29, 1.82) is 0 Å². The molecule has 4 rings (SSSR count). The molecule has 4 fully saturated rings. The van der Waals surface area contributed by atoms with Gasteiger partial charge in [0.1, 0.15) is 5.78 Å². The molecule has 23 heavy (non-hydrogen) atoms. The van der Waals surface area contributed by atoms with E-state index in [4.69, 9.17) is 0 Å². The Kier molecular flexibility index (Phi) is 3.62. The van der Waals surface area contributed by atoms with Gasteiger partial charge in [0.15, 0.2) is 0 Å². The lowest BCUT2D eigenvalue weighted by Gasteiger charge is -2.44. The van der Waals surface area contributed by atoms with Crippen LogP contribution < -0.4 is 0 Å². The van der Waals surface area contributed by atoms with Crippen LogP contribution in [0.1, 0.15) is 52.9 Å². The summed E-state index contributed by atoms with van der Waals surface area (Å²) >= 11 is 0. The third kappa shape index (κ3) is 2.07. The summed E-state index contributed by atoms with van der Waals surface area (Å²) < 4.78 is 0. The van der Waals surface area contributed by atoms with E-state index in [-0.39, 0.29) is 5.92 Å². The largest absolute Gasteiger partial charge is 0.342 e. The van der Waals surface area contributed by atoms with Crippen molar-refractivity contribution in [2.75, 3.05) is 7.05 Å². The predicted octanol–water partition coefficient (Wildman–Crippen LogP) is 3.38. The molecule has 0 aromatic rings. The van der Waals surface area contributed by atoms with Crippen LogP contribution in [0.15, 0.2) is 0 Å². The van der Waals surface area contributed by atoms with E-state index >= 15 is 0 Å². The van der Waals surface area contributed by atoms with Crippen LogP contribution in [0.4, 0.5) is 0 Å². The van der Waals surface area contributed by atoms with Gasteiger partial charge in [-0.1, -0.05) is 20.8 Å². The molecule has 0 saturated heterocycles. The number of Topliss-reactive ketones (excluding diaryl/α,β-unsaturated/α-hetero) is 1. The molecule has 4 aliphatic carbocycles. The fourth-order valence-electron chi connectivity index (χ4n) is 7.21. The fourth-order valence-corrected chi connectivity index (χ4v) is 7.21. The number of hydrogen-bond donors (Lipinski definition) is 0. The van der Waals surface area contributed by atoms with E-state index in [1.54, 1.807) is 0 Å². The minimum absolute atomic E-state index is 0.0986. The van der Waals surface area contributed by atoms with Crippen LogP contribution in [0, 0.1) is 47.3 Å². The molecule has 0 spiro atoms. The second kappa shape index (κ2) is 5.32. The molecule has 4 aliphatic rings. The molecule has 4 bridgehead atoms. The van der Waals surface area contributed by atoms with Crippen LogP contribution in [0.3, 0.4) is 0 Å². The molecular formula is C20H31NO2. The number of rotatable bonds is 4. The summed E-state index contributed by atoms with van der Waals surface area (Å²) in [5, 5.41) is 0. The second-order valence-electron chi connectivity index (χ2n) is 9.04. The molecule has 3 nitrogen and oxygen atoms in total. The molecule has 4 saturated carbocycles. The zero-order valence-corrected chi connectivity index (χ0v) is 15.0. The van der Waals surface area contributed by atoms with Gasteiger partial charge in [-0.15, -0.1) is 0 Å². The van der Waals surface area contributed by atoms with Gasteiger partial charge in [0.25, 0.3) is 0 Å². The van der Waals surface area contributed by atoms with Crippen LogP contribution in [-0.4, -0.2) is 29.7 Å². The Labute approximate surface area is 140 Å². The van der Waals surface area contributed by atoms with Gasteiger partial charge in [-0.05, 0) is 61.2 Å². The van der Waals surface area contributed by atoms with Crippen molar-refractivity contribution in [3.05, 3.63) is 0 Å². The van der Waals surface area contributed by atoms with E-state index in [1.165, 1.54) is 19.3 Å². The molecule has 1 amide bonds. The summed E-state index contributed by atoms with van der Waals surface area (Å²) in [5.74, 6) is 5.85. The Morgan fingerprint density at radius 2 is 1.61 bits per heavy atom. The average Bonchev–Trinajstić information content (AvgIpc) is 3.28. The normalized spacial score (nSPS) is 46.5. The highest BCUT2D eigenvalue weighted by Gasteiger charge is 2.65. The van der Waals surface area contributed by atoms with E-state index in [9.17, 15) is 9.59 Å². The zero-order valence-electron chi connectivity index (χ0n) is 15.0. The average molecular weight is 317 g/mol. The molecule has 0 aromatic carbocycles. The maximum atomic E-state index is 12.4. The van der Waals surface area contributed by atoms with Gasteiger partial charge in [0.05, 0.1) is 0 Å². The highest BCUT2D eigenvalue weighted by molar-refractivity contribution is 5.81. The molecule has 0 aliphatic heterocycles. The standard InChI is InChI=1S/C20H31NO2/c1-5-17(22)13-6-11-7-14(13)18-12-8-15(19(11)18)16(9-12)21(4)20(23)10(2)3/h10-16,18-19H,5-9H2,1-4H3. The lowest BCUT2D eigenvalue weighted by atomic mass is 9.65. The Morgan fingerprint density at radius 3 is 2.26 bits per heavy atom. The Balaban J connectivity index is 1.52. The summed E-state index contributed by atoms with van der Waals surface area (Å²) in [6, 6.07) is 0.468. The lowest BCUT2D eigenvalue weighted by Crippen LogP contribution is -2.48. The van der Waals surface area contributed by atoms with Crippen molar-refractivity contribution in [1.82, 2.24) is 4.90 Å². The maximum Gasteiger partial charge on any atom is 0.225 e. The van der Waals surface area contributed by atoms with E-state index < -0.39 is 0 Å². The first-order valence-electron chi connectivity index (χ1n) is 9.73. The molecule has 0 radical (unpaired) electrons. The van der Waals surface area contributed by atoms with Crippen LogP contribution in [0.2, 0.25) is 0 Å². The van der Waals surface area contributed by atoms with Crippen molar-refractivity contribution in [2.45, 2.75) is 58.9 Å². The SMILES string of the molecule is CCC(=O)C1CC2CC1C1C3CC(C21)C(N(C)C(=O)C(C)C)C3. The monoisotopic (exact) mass is 317 g/mol. The molecule has 8 unspecified atom stereocenters. The molecule has 0 aromatic heterocycles. The van der Waals surface area contributed by atoms with Crippen molar-refractivity contribution >= 4 is 11.7 Å². The molecule has 8 atom stereocenters. The van der Waals surface area contributed by atoms with Crippen LogP contribution in [0.5, 0.6) is 0 Å². The topological polar surface area (TPSA) is 37.4 Å². The van der Waals surface area contributed by atoms with Crippen LogP contribution in [-0.2, 0) is 9.59 Å². The third-order valence-electron chi connectivity index (χ3n) is 7.88. The van der Waals surface area contributed by atoms with Crippen molar-refractivity contribution in [3.63, 3.8) is 0 Å². The highest BCUT2D eigenvalue weighted by atomic mass is 16.2. The Morgan fingerprint density at radius 1 is 1.00 bits per heavy atom. The van der Waals surface area contributed by atoms with E-state index in [1.807, 2.05) is 27.8 Å². The number of amides is 1. The van der Waals surface area contributed by atoms with Gasteiger partial charge < -0.3 is 4.90 Å². The van der Waals surface area contributed by atoms with E-state index in [0.29, 0.717) is 41.9 Å². The van der Waals surface area contributed by atoms with E-state index in [2.05, 4.69) is 4.90 Å². The number of fused-ring (bicyclic) bond motifs is 9. The Bertz CT molecular complexity index is 528. The molecular weight excluding hydrogens is 286 g/mol. The number of nitrogens with zero attached hydrogens (tertiary/aromatic N) is 1. The first-order chi connectivity index (χ1) is 10.9.